The fourth-order valence-corrected chi connectivity index (χ4v) is 2.31. The van der Waals surface area contributed by atoms with Gasteiger partial charge in [0.1, 0.15) is 6.33 Å². The van der Waals surface area contributed by atoms with Gasteiger partial charge in [-0.2, -0.15) is 5.10 Å². The van der Waals surface area contributed by atoms with Crippen molar-refractivity contribution in [2.24, 2.45) is 0 Å². The molecule has 0 aliphatic rings. The molecule has 7 heteroatoms. The Morgan fingerprint density at radius 1 is 1.42 bits per heavy atom. The lowest BCUT2D eigenvalue weighted by atomic mass is 10.2. The van der Waals surface area contributed by atoms with E-state index in [1.165, 1.54) is 6.33 Å². The molecule has 102 valence electrons. The molecule has 1 aromatic heterocycles. The van der Waals surface area contributed by atoms with Crippen molar-refractivity contribution in [2.75, 3.05) is 19.0 Å². The number of benzene rings is 1. The van der Waals surface area contributed by atoms with Crippen LogP contribution in [0.5, 0.6) is 11.5 Å². The first-order valence-corrected chi connectivity index (χ1v) is 6.62. The van der Waals surface area contributed by atoms with Crippen molar-refractivity contribution >= 4 is 21.9 Å². The third kappa shape index (κ3) is 3.37. The van der Waals surface area contributed by atoms with E-state index in [4.69, 9.17) is 9.47 Å². The molecular weight excluding hydrogens is 312 g/mol. The lowest BCUT2D eigenvalue weighted by Gasteiger charge is -2.13. The summed E-state index contributed by atoms with van der Waals surface area (Å²) in [5, 5.41) is 9.65. The van der Waals surface area contributed by atoms with Gasteiger partial charge in [0.15, 0.2) is 11.5 Å². The number of anilines is 1. The van der Waals surface area contributed by atoms with Gasteiger partial charge in [0.25, 0.3) is 0 Å². The van der Waals surface area contributed by atoms with E-state index in [1.807, 2.05) is 19.1 Å². The molecule has 0 spiro atoms. The predicted molar refractivity (Wildman–Crippen MR) is 75.6 cm³/mol. The van der Waals surface area contributed by atoms with E-state index in [0.717, 1.165) is 10.0 Å². The van der Waals surface area contributed by atoms with Crippen molar-refractivity contribution < 1.29 is 9.47 Å². The van der Waals surface area contributed by atoms with E-state index in [1.54, 1.807) is 7.11 Å². The van der Waals surface area contributed by atoms with Gasteiger partial charge in [-0.1, -0.05) is 0 Å². The number of nitrogens with one attached hydrogen (secondary N) is 2. The Hall–Kier alpha value is -1.76. The van der Waals surface area contributed by atoms with Gasteiger partial charge in [0.2, 0.25) is 5.95 Å². The summed E-state index contributed by atoms with van der Waals surface area (Å²) in [6.45, 7) is 3.13. The Labute approximate surface area is 119 Å². The lowest BCUT2D eigenvalue weighted by Crippen LogP contribution is -2.03. The molecule has 1 heterocycles. The molecule has 0 aliphatic heterocycles. The first-order chi connectivity index (χ1) is 9.24. The standard InChI is InChI=1S/C12H15BrN4O2/c1-3-19-10-5-8(4-9(13)11(10)18-2)6-14-12-15-7-16-17-12/h4-5,7H,3,6H2,1-2H3,(H2,14,15,16,17). The second kappa shape index (κ2) is 6.42. The van der Waals surface area contributed by atoms with Crippen LogP contribution >= 0.6 is 15.9 Å². The molecule has 0 amide bonds. The Morgan fingerprint density at radius 2 is 2.26 bits per heavy atom. The van der Waals surface area contributed by atoms with Gasteiger partial charge in [-0.25, -0.2) is 10.1 Å². The van der Waals surface area contributed by atoms with E-state index >= 15 is 0 Å². The molecule has 0 fully saturated rings. The fourth-order valence-electron chi connectivity index (χ4n) is 1.66. The summed E-state index contributed by atoms with van der Waals surface area (Å²) in [6, 6.07) is 3.92. The molecule has 0 saturated heterocycles. The molecule has 6 nitrogen and oxygen atoms in total. The highest BCUT2D eigenvalue weighted by Crippen LogP contribution is 2.36. The largest absolute Gasteiger partial charge is 0.492 e. The predicted octanol–water partition coefficient (Wildman–Crippen LogP) is 2.59. The lowest BCUT2D eigenvalue weighted by molar-refractivity contribution is 0.309. The molecule has 0 saturated carbocycles. The zero-order valence-corrected chi connectivity index (χ0v) is 12.3. The Morgan fingerprint density at radius 3 is 2.89 bits per heavy atom. The molecular formula is C12H15BrN4O2. The third-order valence-corrected chi connectivity index (χ3v) is 3.04. The van der Waals surface area contributed by atoms with Crippen LogP contribution in [0, 0.1) is 0 Å². The van der Waals surface area contributed by atoms with Crippen LogP contribution in [0.3, 0.4) is 0 Å². The molecule has 0 bridgehead atoms. The minimum atomic E-state index is 0.585. The van der Waals surface area contributed by atoms with E-state index < -0.39 is 0 Å². The monoisotopic (exact) mass is 326 g/mol. The molecule has 2 aromatic rings. The van der Waals surface area contributed by atoms with Gasteiger partial charge in [0, 0.05) is 6.54 Å². The molecule has 0 atom stereocenters. The fraction of sp³-hybridized carbons (Fsp3) is 0.333. The van der Waals surface area contributed by atoms with Crippen LogP contribution in [0.25, 0.3) is 0 Å². The van der Waals surface area contributed by atoms with Crippen LogP contribution in [-0.2, 0) is 6.54 Å². The number of aromatic nitrogens is 3. The minimum absolute atomic E-state index is 0.585. The van der Waals surface area contributed by atoms with E-state index in [-0.39, 0.29) is 0 Å². The second-order valence-corrected chi connectivity index (χ2v) is 4.58. The number of nitrogens with zero attached hydrogens (tertiary/aromatic N) is 2. The number of hydrogen-bond donors (Lipinski definition) is 2. The van der Waals surface area contributed by atoms with Crippen LogP contribution in [0.15, 0.2) is 22.9 Å². The van der Waals surface area contributed by atoms with Crippen molar-refractivity contribution in [2.45, 2.75) is 13.5 Å². The molecule has 2 N–H and O–H groups in total. The Balaban J connectivity index is 2.16. The molecule has 2 rings (SSSR count). The first-order valence-electron chi connectivity index (χ1n) is 5.83. The molecule has 0 aliphatic carbocycles. The summed E-state index contributed by atoms with van der Waals surface area (Å²) in [5.74, 6) is 2.05. The number of aromatic amines is 1. The number of hydrogen-bond acceptors (Lipinski definition) is 5. The third-order valence-electron chi connectivity index (χ3n) is 2.45. The average molecular weight is 327 g/mol. The first kappa shape index (κ1) is 13.7. The van der Waals surface area contributed by atoms with Gasteiger partial charge in [-0.3, -0.25) is 0 Å². The minimum Gasteiger partial charge on any atom is -0.492 e. The Kier molecular flexibility index (Phi) is 4.62. The van der Waals surface area contributed by atoms with Crippen LogP contribution < -0.4 is 14.8 Å². The Bertz CT molecular complexity index is 531. The highest BCUT2D eigenvalue weighted by Gasteiger charge is 2.11. The number of H-pyrrole nitrogens is 1. The smallest absolute Gasteiger partial charge is 0.218 e. The highest BCUT2D eigenvalue weighted by atomic mass is 79.9. The number of methoxy groups -OCH3 is 1. The summed E-state index contributed by atoms with van der Waals surface area (Å²) >= 11 is 3.48. The molecule has 0 unspecified atom stereocenters. The summed E-state index contributed by atoms with van der Waals surface area (Å²) in [4.78, 5) is 4.00. The highest BCUT2D eigenvalue weighted by molar-refractivity contribution is 9.10. The summed E-state index contributed by atoms with van der Waals surface area (Å²) in [5.41, 5.74) is 1.05. The van der Waals surface area contributed by atoms with Crippen molar-refractivity contribution in [1.29, 1.82) is 0 Å². The van der Waals surface area contributed by atoms with Crippen LogP contribution in [0.4, 0.5) is 5.95 Å². The molecule has 1 aromatic carbocycles. The number of ether oxygens (including phenoxy) is 2. The zero-order valence-electron chi connectivity index (χ0n) is 10.7. The van der Waals surface area contributed by atoms with E-state index in [0.29, 0.717) is 30.6 Å². The van der Waals surface area contributed by atoms with Crippen LogP contribution in [0.2, 0.25) is 0 Å². The SMILES string of the molecule is CCOc1cc(CNc2ncn[nH]2)cc(Br)c1OC. The van der Waals surface area contributed by atoms with Crippen LogP contribution in [0.1, 0.15) is 12.5 Å². The summed E-state index contributed by atoms with van der Waals surface area (Å²) in [7, 11) is 1.62. The van der Waals surface area contributed by atoms with Crippen molar-refractivity contribution in [1.82, 2.24) is 15.2 Å². The second-order valence-electron chi connectivity index (χ2n) is 3.73. The maximum atomic E-state index is 5.57. The van der Waals surface area contributed by atoms with Crippen molar-refractivity contribution in [3.8, 4) is 11.5 Å². The van der Waals surface area contributed by atoms with Crippen molar-refractivity contribution in [3.63, 3.8) is 0 Å². The zero-order chi connectivity index (χ0) is 13.7. The van der Waals surface area contributed by atoms with Gasteiger partial charge >= 0.3 is 0 Å². The number of rotatable bonds is 6. The van der Waals surface area contributed by atoms with Gasteiger partial charge in [-0.05, 0) is 40.5 Å². The van der Waals surface area contributed by atoms with Gasteiger partial charge in [-0.15, -0.1) is 0 Å². The normalized spacial score (nSPS) is 10.3. The molecule has 0 radical (unpaired) electrons. The maximum absolute atomic E-state index is 5.57. The molecule has 19 heavy (non-hydrogen) atoms. The van der Waals surface area contributed by atoms with Gasteiger partial charge in [0.05, 0.1) is 18.2 Å². The summed E-state index contributed by atoms with van der Waals surface area (Å²) in [6.07, 6.45) is 1.46. The van der Waals surface area contributed by atoms with E-state index in [2.05, 4.69) is 36.4 Å². The topological polar surface area (TPSA) is 72.1 Å². The average Bonchev–Trinajstić information content (AvgIpc) is 2.90. The van der Waals surface area contributed by atoms with Gasteiger partial charge < -0.3 is 14.8 Å². The van der Waals surface area contributed by atoms with Crippen LogP contribution in [-0.4, -0.2) is 28.9 Å². The van der Waals surface area contributed by atoms with Crippen molar-refractivity contribution in [3.05, 3.63) is 28.5 Å². The number of halogens is 1. The summed E-state index contributed by atoms with van der Waals surface area (Å²) < 4.78 is 11.7. The maximum Gasteiger partial charge on any atom is 0.218 e. The quantitative estimate of drug-likeness (QED) is 0.853. The van der Waals surface area contributed by atoms with E-state index in [9.17, 15) is 0 Å².